The average molecular weight is 250 g/mol. The SMILES string of the molecule is O=c1occ(O/C=C/OP2(=O)OCCO2)o1. The minimum absolute atomic E-state index is 0.156. The lowest BCUT2D eigenvalue weighted by atomic mass is 10.8. The van der Waals surface area contributed by atoms with Crippen molar-refractivity contribution in [3.05, 3.63) is 29.4 Å². The van der Waals surface area contributed by atoms with Crippen LogP contribution >= 0.6 is 7.82 Å². The monoisotopic (exact) mass is 250 g/mol. The molecule has 8 nitrogen and oxygen atoms in total. The van der Waals surface area contributed by atoms with E-state index in [1.54, 1.807) is 0 Å². The third-order valence-corrected chi connectivity index (χ3v) is 2.82. The third-order valence-electron chi connectivity index (χ3n) is 1.45. The molecule has 1 aliphatic rings. The molecule has 88 valence electrons. The van der Waals surface area contributed by atoms with Gasteiger partial charge >= 0.3 is 19.6 Å². The maximum atomic E-state index is 11.4. The van der Waals surface area contributed by atoms with E-state index in [0.29, 0.717) is 0 Å². The molecule has 0 N–H and O–H groups in total. The zero-order valence-corrected chi connectivity index (χ0v) is 8.75. The van der Waals surface area contributed by atoms with Crippen molar-refractivity contribution in [3.63, 3.8) is 0 Å². The van der Waals surface area contributed by atoms with Crippen LogP contribution in [-0.2, 0) is 18.1 Å². The van der Waals surface area contributed by atoms with Crippen molar-refractivity contribution in [1.82, 2.24) is 0 Å². The molecule has 0 aliphatic carbocycles. The second-order valence-corrected chi connectivity index (χ2v) is 4.14. The number of phosphoric acid groups is 1. The van der Waals surface area contributed by atoms with E-state index in [0.717, 1.165) is 18.8 Å². The maximum absolute atomic E-state index is 11.4. The lowest BCUT2D eigenvalue weighted by molar-refractivity contribution is 0.240. The highest BCUT2D eigenvalue weighted by Gasteiger charge is 2.32. The van der Waals surface area contributed by atoms with E-state index in [1.165, 1.54) is 0 Å². The van der Waals surface area contributed by atoms with Gasteiger partial charge in [-0.3, -0.25) is 9.05 Å². The second-order valence-electron chi connectivity index (χ2n) is 2.52. The summed E-state index contributed by atoms with van der Waals surface area (Å²) in [4.78, 5) is 10.4. The van der Waals surface area contributed by atoms with Gasteiger partial charge in [-0.15, -0.1) is 0 Å². The molecule has 1 aliphatic heterocycles. The normalized spacial score (nSPS) is 19.0. The van der Waals surface area contributed by atoms with Gasteiger partial charge in [0.2, 0.25) is 0 Å². The number of phosphoric ester groups is 1. The molecular formula is C7H7O8P. The molecule has 0 amide bonds. The van der Waals surface area contributed by atoms with Crippen molar-refractivity contribution in [3.8, 4) is 5.95 Å². The van der Waals surface area contributed by atoms with Gasteiger partial charge in [0.05, 0.1) is 13.2 Å². The molecule has 0 spiro atoms. The Balaban J connectivity index is 1.82. The summed E-state index contributed by atoms with van der Waals surface area (Å²) >= 11 is 0. The smallest absolute Gasteiger partial charge is 0.428 e. The average Bonchev–Trinajstić information content (AvgIpc) is 2.84. The molecule has 2 heterocycles. The van der Waals surface area contributed by atoms with Gasteiger partial charge in [0.15, 0.2) is 6.26 Å². The quantitative estimate of drug-likeness (QED) is 0.581. The Labute approximate surface area is 89.0 Å². The maximum Gasteiger partial charge on any atom is 0.529 e. The summed E-state index contributed by atoms with van der Waals surface area (Å²) in [5.74, 6) is -1.05. The summed E-state index contributed by atoms with van der Waals surface area (Å²) in [5.41, 5.74) is 0. The van der Waals surface area contributed by atoms with Gasteiger partial charge in [0.1, 0.15) is 12.5 Å². The fourth-order valence-electron chi connectivity index (χ4n) is 0.869. The number of ether oxygens (including phenoxy) is 1. The highest BCUT2D eigenvalue weighted by molar-refractivity contribution is 7.48. The topological polar surface area (TPSA) is 97.3 Å². The van der Waals surface area contributed by atoms with Crippen molar-refractivity contribution < 1.29 is 31.7 Å². The number of hydrogen-bond acceptors (Lipinski definition) is 8. The summed E-state index contributed by atoms with van der Waals surface area (Å²) in [5, 5.41) is 0. The predicted octanol–water partition coefficient (Wildman–Crippen LogP) is 1.25. The first kappa shape index (κ1) is 11.0. The minimum atomic E-state index is -3.47. The highest BCUT2D eigenvalue weighted by Crippen LogP contribution is 2.52. The molecule has 16 heavy (non-hydrogen) atoms. The molecule has 0 atom stereocenters. The molecule has 0 saturated carbocycles. The second kappa shape index (κ2) is 4.56. The van der Waals surface area contributed by atoms with Crippen molar-refractivity contribution >= 4 is 7.82 Å². The lowest BCUT2D eigenvalue weighted by Gasteiger charge is -2.05. The summed E-state index contributed by atoms with van der Waals surface area (Å²) in [7, 11) is -3.47. The van der Waals surface area contributed by atoms with Crippen LogP contribution in [0.3, 0.4) is 0 Å². The lowest BCUT2D eigenvalue weighted by Crippen LogP contribution is -1.87. The van der Waals surface area contributed by atoms with Crippen LogP contribution in [0, 0.1) is 0 Å². The third kappa shape index (κ3) is 2.75. The fourth-order valence-corrected chi connectivity index (χ4v) is 1.86. The summed E-state index contributed by atoms with van der Waals surface area (Å²) in [6.45, 7) is 0.422. The summed E-state index contributed by atoms with van der Waals surface area (Å²) in [6, 6.07) is 0. The van der Waals surface area contributed by atoms with Crippen molar-refractivity contribution in [2.45, 2.75) is 0 Å². The standard InChI is InChI=1S/C7H7O8P/c8-7-11-5-6(15-7)10-1-2-12-16(9)13-3-4-14-16/h1-2,5H,3-4H2/b2-1+. The zero-order valence-electron chi connectivity index (χ0n) is 7.86. The molecular weight excluding hydrogens is 243 g/mol. The van der Waals surface area contributed by atoms with E-state index in [9.17, 15) is 9.36 Å². The van der Waals surface area contributed by atoms with Gasteiger partial charge in [-0.25, -0.2) is 9.36 Å². The van der Waals surface area contributed by atoms with E-state index in [1.807, 2.05) is 0 Å². The van der Waals surface area contributed by atoms with Gasteiger partial charge < -0.3 is 18.1 Å². The van der Waals surface area contributed by atoms with E-state index in [-0.39, 0.29) is 19.2 Å². The van der Waals surface area contributed by atoms with Gasteiger partial charge in [0.25, 0.3) is 0 Å². The summed E-state index contributed by atoms with van der Waals surface area (Å²) < 4.78 is 38.9. The first-order chi connectivity index (χ1) is 7.68. The van der Waals surface area contributed by atoms with Crippen molar-refractivity contribution in [2.75, 3.05) is 13.2 Å². The Kier molecular flexibility index (Phi) is 3.14. The van der Waals surface area contributed by atoms with Crippen molar-refractivity contribution in [1.29, 1.82) is 0 Å². The van der Waals surface area contributed by atoms with E-state index in [4.69, 9.17) is 13.8 Å². The van der Waals surface area contributed by atoms with Gasteiger partial charge in [-0.1, -0.05) is 0 Å². The van der Waals surface area contributed by atoms with Gasteiger partial charge in [-0.05, 0) is 0 Å². The Hall–Kier alpha value is -1.50. The van der Waals surface area contributed by atoms with Crippen LogP contribution in [0.2, 0.25) is 0 Å². The predicted molar refractivity (Wildman–Crippen MR) is 47.6 cm³/mol. The molecule has 1 aromatic heterocycles. The van der Waals surface area contributed by atoms with Crippen LogP contribution in [0.1, 0.15) is 0 Å². The fraction of sp³-hybridized carbons (Fsp3) is 0.286. The van der Waals surface area contributed by atoms with Crippen LogP contribution in [-0.4, -0.2) is 13.2 Å². The van der Waals surface area contributed by atoms with Gasteiger partial charge in [0, 0.05) is 0 Å². The first-order valence-electron chi connectivity index (χ1n) is 4.16. The Morgan fingerprint density at radius 3 is 2.69 bits per heavy atom. The van der Waals surface area contributed by atoms with Crippen LogP contribution < -0.4 is 10.6 Å². The molecule has 1 fully saturated rings. The van der Waals surface area contributed by atoms with Crippen molar-refractivity contribution in [2.24, 2.45) is 0 Å². The minimum Gasteiger partial charge on any atom is -0.428 e. The summed E-state index contributed by atoms with van der Waals surface area (Å²) in [6.07, 6.45) is 2.93. The molecule has 9 heteroatoms. The molecule has 1 saturated heterocycles. The van der Waals surface area contributed by atoms with E-state index < -0.39 is 13.6 Å². The number of hydrogen-bond donors (Lipinski definition) is 0. The largest absolute Gasteiger partial charge is 0.529 e. The Bertz CT molecular complexity index is 461. The molecule has 2 rings (SSSR count). The molecule has 0 radical (unpaired) electrons. The zero-order chi connectivity index (χ0) is 11.4. The molecule has 1 aromatic rings. The molecule has 0 unspecified atom stereocenters. The Morgan fingerprint density at radius 2 is 2.06 bits per heavy atom. The molecule has 0 aromatic carbocycles. The highest BCUT2D eigenvalue weighted by atomic mass is 31.2. The Morgan fingerprint density at radius 1 is 1.31 bits per heavy atom. The van der Waals surface area contributed by atoms with Crippen LogP contribution in [0.5, 0.6) is 5.95 Å². The first-order valence-corrected chi connectivity index (χ1v) is 5.62. The van der Waals surface area contributed by atoms with Crippen LogP contribution in [0.4, 0.5) is 0 Å². The van der Waals surface area contributed by atoms with Gasteiger partial charge in [-0.2, -0.15) is 0 Å². The van der Waals surface area contributed by atoms with Crippen LogP contribution in [0.15, 0.2) is 32.4 Å². The van der Waals surface area contributed by atoms with E-state index >= 15 is 0 Å². The van der Waals surface area contributed by atoms with E-state index in [2.05, 4.69) is 13.4 Å². The number of rotatable bonds is 4. The van der Waals surface area contributed by atoms with Crippen LogP contribution in [0.25, 0.3) is 0 Å². The molecule has 0 bridgehead atoms.